The number of nitrogens with one attached hydrogen (secondary N) is 1. The van der Waals surface area contributed by atoms with Crippen molar-refractivity contribution in [3.63, 3.8) is 0 Å². The summed E-state index contributed by atoms with van der Waals surface area (Å²) >= 11 is 0. The predicted octanol–water partition coefficient (Wildman–Crippen LogP) is 1.14. The van der Waals surface area contributed by atoms with Crippen molar-refractivity contribution in [1.82, 2.24) is 0 Å². The third-order valence-electron chi connectivity index (χ3n) is 2.89. The smallest absolute Gasteiger partial charge is 0.332 e. The summed E-state index contributed by atoms with van der Waals surface area (Å²) in [6.07, 6.45) is 0. The van der Waals surface area contributed by atoms with E-state index in [9.17, 15) is 9.59 Å². The highest BCUT2D eigenvalue weighted by atomic mass is 16.5. The van der Waals surface area contributed by atoms with Crippen LogP contribution in [0.5, 0.6) is 5.75 Å². The second-order valence-electron chi connectivity index (χ2n) is 4.31. The highest BCUT2D eigenvalue weighted by Crippen LogP contribution is 2.29. The lowest BCUT2D eigenvalue weighted by Crippen LogP contribution is -2.43. The van der Waals surface area contributed by atoms with E-state index in [4.69, 9.17) is 15.2 Å². The molecule has 6 heteroatoms. The summed E-state index contributed by atoms with van der Waals surface area (Å²) in [5, 5.41) is 2.61. The minimum Gasteiger partial charge on any atom is -0.496 e. The number of hydrogen-bond donors (Lipinski definition) is 2. The molecule has 1 aromatic carbocycles. The van der Waals surface area contributed by atoms with Crippen molar-refractivity contribution >= 4 is 17.6 Å². The van der Waals surface area contributed by atoms with Gasteiger partial charge in [0.15, 0.2) is 6.04 Å². The van der Waals surface area contributed by atoms with E-state index < -0.39 is 17.9 Å². The Hall–Kier alpha value is -2.08. The van der Waals surface area contributed by atoms with Crippen molar-refractivity contribution in [2.75, 3.05) is 19.0 Å². The molecule has 20 heavy (non-hydrogen) atoms. The molecule has 0 saturated heterocycles. The topological polar surface area (TPSA) is 90.7 Å². The zero-order valence-electron chi connectivity index (χ0n) is 12.1. The Labute approximate surface area is 118 Å². The molecule has 0 aliphatic carbocycles. The molecular weight excluding hydrogens is 260 g/mol. The molecule has 1 aromatic rings. The Bertz CT molecular complexity index is 514. The first-order valence-corrected chi connectivity index (χ1v) is 6.29. The fourth-order valence-electron chi connectivity index (χ4n) is 1.83. The minimum absolute atomic E-state index is 0.178. The van der Waals surface area contributed by atoms with Crippen LogP contribution in [0.4, 0.5) is 5.69 Å². The number of esters is 1. The van der Waals surface area contributed by atoms with Crippen LogP contribution in [0.2, 0.25) is 0 Å². The first-order chi connectivity index (χ1) is 9.42. The summed E-state index contributed by atoms with van der Waals surface area (Å²) < 4.78 is 9.98. The van der Waals surface area contributed by atoms with Crippen molar-refractivity contribution < 1.29 is 19.1 Å². The number of rotatable bonds is 5. The average molecular weight is 280 g/mol. The van der Waals surface area contributed by atoms with Crippen LogP contribution < -0.4 is 15.8 Å². The van der Waals surface area contributed by atoms with Gasteiger partial charge in [0.25, 0.3) is 5.91 Å². The van der Waals surface area contributed by atoms with E-state index in [0.29, 0.717) is 11.4 Å². The molecule has 0 bridgehead atoms. The van der Waals surface area contributed by atoms with Crippen LogP contribution in [0, 0.1) is 13.8 Å². The average Bonchev–Trinajstić information content (AvgIpc) is 2.42. The quantitative estimate of drug-likeness (QED) is 0.623. The molecule has 1 amide bonds. The first-order valence-electron chi connectivity index (χ1n) is 6.29. The van der Waals surface area contributed by atoms with Gasteiger partial charge in [-0.05, 0) is 32.4 Å². The van der Waals surface area contributed by atoms with Crippen LogP contribution in [0.15, 0.2) is 12.1 Å². The number of ether oxygens (including phenoxy) is 2. The lowest BCUT2D eigenvalue weighted by atomic mass is 10.1. The van der Waals surface area contributed by atoms with Gasteiger partial charge in [0.2, 0.25) is 0 Å². The van der Waals surface area contributed by atoms with E-state index in [2.05, 4.69) is 5.32 Å². The molecule has 0 heterocycles. The van der Waals surface area contributed by atoms with Gasteiger partial charge < -0.3 is 20.5 Å². The van der Waals surface area contributed by atoms with Gasteiger partial charge in [-0.3, -0.25) is 4.79 Å². The Balaban J connectivity index is 2.89. The van der Waals surface area contributed by atoms with E-state index >= 15 is 0 Å². The van der Waals surface area contributed by atoms with Crippen molar-refractivity contribution in [1.29, 1.82) is 0 Å². The number of anilines is 1. The van der Waals surface area contributed by atoms with Gasteiger partial charge in [-0.25, -0.2) is 4.79 Å². The Morgan fingerprint density at radius 3 is 2.55 bits per heavy atom. The van der Waals surface area contributed by atoms with Crippen molar-refractivity contribution in [2.24, 2.45) is 5.73 Å². The maximum Gasteiger partial charge on any atom is 0.332 e. The second kappa shape index (κ2) is 6.91. The third-order valence-corrected chi connectivity index (χ3v) is 2.89. The number of aryl methyl sites for hydroxylation is 1. The lowest BCUT2D eigenvalue weighted by molar-refractivity contribution is -0.146. The number of hydrogen-bond acceptors (Lipinski definition) is 5. The van der Waals surface area contributed by atoms with E-state index in [1.807, 2.05) is 19.9 Å². The van der Waals surface area contributed by atoms with E-state index in [0.717, 1.165) is 11.1 Å². The van der Waals surface area contributed by atoms with Crippen LogP contribution in [0.3, 0.4) is 0 Å². The standard InChI is InChI=1S/C14H20N2O4/c1-5-20-14(18)11(15)13(17)16-10-7-6-8(2)12(19-4)9(10)3/h6-7,11H,5,15H2,1-4H3,(H,16,17). The summed E-state index contributed by atoms with van der Waals surface area (Å²) in [7, 11) is 1.56. The highest BCUT2D eigenvalue weighted by Gasteiger charge is 2.24. The van der Waals surface area contributed by atoms with Crippen LogP contribution >= 0.6 is 0 Å². The normalized spacial score (nSPS) is 11.7. The summed E-state index contributed by atoms with van der Waals surface area (Å²) in [5.74, 6) is -0.674. The van der Waals surface area contributed by atoms with E-state index in [1.54, 1.807) is 20.1 Å². The number of amides is 1. The largest absolute Gasteiger partial charge is 0.496 e. The van der Waals surface area contributed by atoms with Gasteiger partial charge in [0.1, 0.15) is 5.75 Å². The zero-order chi connectivity index (χ0) is 15.3. The molecule has 1 unspecified atom stereocenters. The molecule has 1 atom stereocenters. The molecule has 0 aliphatic heterocycles. The van der Waals surface area contributed by atoms with Gasteiger partial charge in [-0.2, -0.15) is 0 Å². The molecule has 0 spiro atoms. The summed E-state index contributed by atoms with van der Waals surface area (Å²) in [4.78, 5) is 23.3. The molecule has 0 aliphatic rings. The van der Waals surface area contributed by atoms with E-state index in [-0.39, 0.29) is 6.61 Å². The Morgan fingerprint density at radius 1 is 1.35 bits per heavy atom. The van der Waals surface area contributed by atoms with Gasteiger partial charge in [-0.1, -0.05) is 6.07 Å². The molecular formula is C14H20N2O4. The van der Waals surface area contributed by atoms with Gasteiger partial charge in [-0.15, -0.1) is 0 Å². The number of benzene rings is 1. The summed E-state index contributed by atoms with van der Waals surface area (Å²) in [6.45, 7) is 5.55. The molecule has 110 valence electrons. The van der Waals surface area contributed by atoms with Crippen LogP contribution in [-0.2, 0) is 14.3 Å². The third kappa shape index (κ3) is 3.48. The monoisotopic (exact) mass is 280 g/mol. The summed E-state index contributed by atoms with van der Waals surface area (Å²) in [5.41, 5.74) is 7.81. The molecule has 6 nitrogen and oxygen atoms in total. The molecule has 0 saturated carbocycles. The fourth-order valence-corrected chi connectivity index (χ4v) is 1.83. The van der Waals surface area contributed by atoms with Crippen LogP contribution in [0.25, 0.3) is 0 Å². The Morgan fingerprint density at radius 2 is 2.00 bits per heavy atom. The van der Waals surface area contributed by atoms with Crippen molar-refractivity contribution in [3.8, 4) is 5.75 Å². The fraction of sp³-hybridized carbons (Fsp3) is 0.429. The molecule has 1 rings (SSSR count). The van der Waals surface area contributed by atoms with Crippen LogP contribution in [0.1, 0.15) is 18.1 Å². The minimum atomic E-state index is -1.35. The zero-order valence-corrected chi connectivity index (χ0v) is 12.1. The Kier molecular flexibility index (Phi) is 5.52. The maximum atomic E-state index is 11.9. The van der Waals surface area contributed by atoms with Crippen LogP contribution in [-0.4, -0.2) is 31.6 Å². The molecule has 0 fully saturated rings. The van der Waals surface area contributed by atoms with Crippen molar-refractivity contribution in [2.45, 2.75) is 26.8 Å². The van der Waals surface area contributed by atoms with Gasteiger partial charge in [0.05, 0.1) is 13.7 Å². The van der Waals surface area contributed by atoms with E-state index in [1.165, 1.54) is 0 Å². The number of carbonyl (C=O) groups is 2. The maximum absolute atomic E-state index is 11.9. The highest BCUT2D eigenvalue weighted by molar-refractivity contribution is 6.08. The molecule has 0 radical (unpaired) electrons. The van der Waals surface area contributed by atoms with Gasteiger partial charge >= 0.3 is 5.97 Å². The lowest BCUT2D eigenvalue weighted by Gasteiger charge is -2.16. The SMILES string of the molecule is CCOC(=O)C(N)C(=O)Nc1ccc(C)c(OC)c1C. The number of methoxy groups -OCH3 is 1. The first kappa shape index (κ1) is 16.0. The van der Waals surface area contributed by atoms with Gasteiger partial charge in [0, 0.05) is 11.3 Å². The second-order valence-corrected chi connectivity index (χ2v) is 4.31. The number of carbonyl (C=O) groups excluding carboxylic acids is 2. The van der Waals surface area contributed by atoms with Crippen molar-refractivity contribution in [3.05, 3.63) is 23.3 Å². The molecule has 3 N–H and O–H groups in total. The number of nitrogens with two attached hydrogens (primary N) is 1. The predicted molar refractivity (Wildman–Crippen MR) is 75.7 cm³/mol. The molecule has 0 aromatic heterocycles. The summed E-state index contributed by atoms with van der Waals surface area (Å²) in [6, 6.07) is 2.21.